The lowest BCUT2D eigenvalue weighted by molar-refractivity contribution is 0.192. The molecule has 0 aromatic heterocycles. The van der Waals surface area contributed by atoms with Crippen LogP contribution in [0.4, 0.5) is 0 Å². The van der Waals surface area contributed by atoms with Crippen molar-refractivity contribution in [1.82, 2.24) is 4.90 Å². The Labute approximate surface area is 205 Å². The second-order valence-corrected chi connectivity index (χ2v) is 9.80. The number of allylic oxidation sites excluding steroid dienone is 8. The highest BCUT2D eigenvalue weighted by Gasteiger charge is 2.28. The van der Waals surface area contributed by atoms with Crippen molar-refractivity contribution >= 4 is 5.84 Å². The van der Waals surface area contributed by atoms with E-state index < -0.39 is 0 Å². The molecule has 1 heterocycles. The van der Waals surface area contributed by atoms with Crippen LogP contribution < -0.4 is 0 Å². The fraction of sp³-hybridized carbons (Fsp3) is 0.581. The Morgan fingerprint density at radius 2 is 1.73 bits per heavy atom. The van der Waals surface area contributed by atoms with Crippen molar-refractivity contribution in [2.45, 2.75) is 106 Å². The van der Waals surface area contributed by atoms with Crippen LogP contribution in [-0.4, -0.2) is 23.3 Å². The average molecular weight is 451 g/mol. The van der Waals surface area contributed by atoms with Crippen LogP contribution in [-0.2, 0) is 0 Å². The van der Waals surface area contributed by atoms with Gasteiger partial charge in [0, 0.05) is 24.4 Å². The number of piperidine rings is 1. The normalized spacial score (nSPS) is 21.3. The number of likely N-dealkylation sites (tertiary alicyclic amines) is 1. The second kappa shape index (κ2) is 15.7. The van der Waals surface area contributed by atoms with E-state index in [1.165, 1.54) is 66.4 Å². The summed E-state index contributed by atoms with van der Waals surface area (Å²) >= 11 is 0. The fourth-order valence-corrected chi connectivity index (χ4v) is 4.54. The van der Waals surface area contributed by atoms with Crippen molar-refractivity contribution in [1.29, 1.82) is 0 Å². The van der Waals surface area contributed by atoms with Gasteiger partial charge in [-0.1, -0.05) is 75.6 Å². The number of nitrogens with zero attached hydrogens (tertiary/aromatic N) is 2. The largest absolute Gasteiger partial charge is 0.353 e. The lowest BCUT2D eigenvalue weighted by atomic mass is 9.87. The standard InChI is InChI=1S/C31H50N2/c1-10-14-16-29(19-17-24(5)6)26(8)18-20-30(25(7)12-3)31(32-13-4)33-22-21-28(15-11-2)23-27(33)9/h12-13,17-20,27-28H,4,10-11,14-16,21-23H2,1-3,5-9H3/b25-12+,26-18+,29-19+,30-20+,32-31?/t27-,28?/m0/s1. The van der Waals surface area contributed by atoms with E-state index in [1.54, 1.807) is 6.20 Å². The predicted octanol–water partition coefficient (Wildman–Crippen LogP) is 9.35. The van der Waals surface area contributed by atoms with Gasteiger partial charge in [-0.2, -0.15) is 0 Å². The van der Waals surface area contributed by atoms with E-state index in [1.807, 2.05) is 0 Å². The maximum atomic E-state index is 4.81. The van der Waals surface area contributed by atoms with E-state index in [-0.39, 0.29) is 0 Å². The van der Waals surface area contributed by atoms with Gasteiger partial charge >= 0.3 is 0 Å². The maximum Gasteiger partial charge on any atom is 0.136 e. The van der Waals surface area contributed by atoms with Gasteiger partial charge in [-0.25, -0.2) is 4.99 Å². The Morgan fingerprint density at radius 3 is 2.27 bits per heavy atom. The number of hydrogen-bond donors (Lipinski definition) is 0. The molecule has 0 aromatic carbocycles. The van der Waals surface area contributed by atoms with E-state index in [0.717, 1.165) is 24.7 Å². The highest BCUT2D eigenvalue weighted by Crippen LogP contribution is 2.29. The van der Waals surface area contributed by atoms with Crippen LogP contribution in [0.3, 0.4) is 0 Å². The van der Waals surface area contributed by atoms with Gasteiger partial charge in [0.05, 0.1) is 0 Å². The molecule has 1 fully saturated rings. The van der Waals surface area contributed by atoms with Gasteiger partial charge in [-0.05, 0) is 89.9 Å². The smallest absolute Gasteiger partial charge is 0.136 e. The number of rotatable bonds is 11. The molecule has 2 nitrogen and oxygen atoms in total. The summed E-state index contributed by atoms with van der Waals surface area (Å²) < 4.78 is 0. The molecule has 0 aliphatic carbocycles. The van der Waals surface area contributed by atoms with E-state index in [9.17, 15) is 0 Å². The topological polar surface area (TPSA) is 15.6 Å². The van der Waals surface area contributed by atoms with Crippen LogP contribution in [0, 0.1) is 5.92 Å². The summed E-state index contributed by atoms with van der Waals surface area (Å²) in [5, 5.41) is 0. The third-order valence-corrected chi connectivity index (χ3v) is 6.69. The molecule has 2 heteroatoms. The monoisotopic (exact) mass is 450 g/mol. The van der Waals surface area contributed by atoms with Crippen LogP contribution in [0.25, 0.3) is 0 Å². The van der Waals surface area contributed by atoms with Crippen molar-refractivity contribution in [2.75, 3.05) is 6.54 Å². The Morgan fingerprint density at radius 1 is 1.00 bits per heavy atom. The van der Waals surface area contributed by atoms with Crippen molar-refractivity contribution in [2.24, 2.45) is 10.9 Å². The third kappa shape index (κ3) is 9.74. The first-order valence-electron chi connectivity index (χ1n) is 13.1. The predicted molar refractivity (Wildman–Crippen MR) is 150 cm³/mol. The zero-order valence-electron chi connectivity index (χ0n) is 22.9. The summed E-state index contributed by atoms with van der Waals surface area (Å²) in [7, 11) is 0. The van der Waals surface area contributed by atoms with E-state index >= 15 is 0 Å². The van der Waals surface area contributed by atoms with Crippen LogP contribution >= 0.6 is 0 Å². The Hall–Kier alpha value is -2.09. The summed E-state index contributed by atoms with van der Waals surface area (Å²) in [5.74, 6) is 1.90. The van der Waals surface area contributed by atoms with Gasteiger partial charge in [0.15, 0.2) is 0 Å². The zero-order valence-corrected chi connectivity index (χ0v) is 22.9. The van der Waals surface area contributed by atoms with Gasteiger partial charge in [-0.3, -0.25) is 0 Å². The van der Waals surface area contributed by atoms with E-state index in [0.29, 0.717) is 6.04 Å². The SMILES string of the molecule is C=CN=C(C(=C/C=C(C)/C(=C/C=C(C)C)CCCC)/C(C)=C/C)N1CCC(CCC)C[C@@H]1C. The maximum absolute atomic E-state index is 4.81. The molecule has 0 radical (unpaired) electrons. The molecule has 1 rings (SSSR count). The molecule has 0 N–H and O–H groups in total. The Balaban J connectivity index is 3.37. The Bertz CT molecular complexity index is 797. The zero-order chi connectivity index (χ0) is 24.8. The molecule has 2 atom stereocenters. The molecule has 0 amide bonds. The Kier molecular flexibility index (Phi) is 13.8. The summed E-state index contributed by atoms with van der Waals surface area (Å²) in [6.07, 6.45) is 21.6. The second-order valence-electron chi connectivity index (χ2n) is 9.80. The van der Waals surface area contributed by atoms with Gasteiger partial charge in [0.2, 0.25) is 0 Å². The van der Waals surface area contributed by atoms with Gasteiger partial charge in [0.1, 0.15) is 5.84 Å². The average Bonchev–Trinajstić information content (AvgIpc) is 2.78. The summed E-state index contributed by atoms with van der Waals surface area (Å²) in [6.45, 7) is 22.8. The van der Waals surface area contributed by atoms with Crippen LogP contribution in [0.1, 0.15) is 100 Å². The van der Waals surface area contributed by atoms with Gasteiger partial charge < -0.3 is 4.90 Å². The molecule has 0 aromatic rings. The number of unbranched alkanes of at least 4 members (excludes halogenated alkanes) is 1. The molecule has 0 saturated carbocycles. The van der Waals surface area contributed by atoms with Crippen molar-refractivity contribution < 1.29 is 0 Å². The lowest BCUT2D eigenvalue weighted by Gasteiger charge is -2.40. The molecule has 1 unspecified atom stereocenters. The minimum atomic E-state index is 0.491. The van der Waals surface area contributed by atoms with Gasteiger partial charge in [-0.15, -0.1) is 0 Å². The molecule has 33 heavy (non-hydrogen) atoms. The fourth-order valence-electron chi connectivity index (χ4n) is 4.54. The quantitative estimate of drug-likeness (QED) is 0.174. The van der Waals surface area contributed by atoms with Crippen LogP contribution in [0.2, 0.25) is 0 Å². The first-order chi connectivity index (χ1) is 15.8. The summed E-state index contributed by atoms with van der Waals surface area (Å²) in [6, 6.07) is 0.491. The molecule has 1 aliphatic heterocycles. The van der Waals surface area contributed by atoms with Crippen molar-refractivity contribution in [3.63, 3.8) is 0 Å². The summed E-state index contributed by atoms with van der Waals surface area (Å²) in [4.78, 5) is 7.32. The van der Waals surface area contributed by atoms with E-state index in [4.69, 9.17) is 4.99 Å². The minimum absolute atomic E-state index is 0.491. The molecule has 0 bridgehead atoms. The first-order valence-corrected chi connectivity index (χ1v) is 13.1. The van der Waals surface area contributed by atoms with Crippen LogP contribution in [0.15, 0.2) is 76.0 Å². The summed E-state index contributed by atoms with van der Waals surface area (Å²) in [5.41, 5.74) is 6.54. The highest BCUT2D eigenvalue weighted by molar-refractivity contribution is 6.03. The minimum Gasteiger partial charge on any atom is -0.353 e. The van der Waals surface area contributed by atoms with Crippen LogP contribution in [0.5, 0.6) is 0 Å². The van der Waals surface area contributed by atoms with Gasteiger partial charge in [0.25, 0.3) is 0 Å². The first kappa shape index (κ1) is 28.9. The van der Waals surface area contributed by atoms with Crippen molar-refractivity contribution in [3.05, 3.63) is 71.0 Å². The highest BCUT2D eigenvalue weighted by atomic mass is 15.2. The molecule has 0 spiro atoms. The van der Waals surface area contributed by atoms with E-state index in [2.05, 4.69) is 97.2 Å². The molecular formula is C31H50N2. The number of aliphatic imine (C=N–C) groups is 1. The molecule has 184 valence electrons. The number of amidine groups is 1. The third-order valence-electron chi connectivity index (χ3n) is 6.69. The molecule has 1 saturated heterocycles. The molecule has 1 aliphatic rings. The lowest BCUT2D eigenvalue weighted by Crippen LogP contribution is -2.45. The number of hydrogen-bond acceptors (Lipinski definition) is 1. The van der Waals surface area contributed by atoms with Crippen molar-refractivity contribution in [3.8, 4) is 0 Å². The molecular weight excluding hydrogens is 400 g/mol.